The maximum absolute atomic E-state index is 12.5. The summed E-state index contributed by atoms with van der Waals surface area (Å²) in [7, 11) is 0. The van der Waals surface area contributed by atoms with Crippen molar-refractivity contribution in [1.82, 2.24) is 4.90 Å². The van der Waals surface area contributed by atoms with Crippen LogP contribution in [0, 0.1) is 0 Å². The molecule has 7 heteroatoms. The molecule has 0 radical (unpaired) electrons. The second kappa shape index (κ2) is 8.30. The van der Waals surface area contributed by atoms with Crippen molar-refractivity contribution in [2.45, 2.75) is 32.7 Å². The van der Waals surface area contributed by atoms with Crippen LogP contribution in [0.1, 0.15) is 32.3 Å². The molecule has 1 aromatic rings. The van der Waals surface area contributed by atoms with Crippen molar-refractivity contribution >= 4 is 46.3 Å². The van der Waals surface area contributed by atoms with Crippen molar-refractivity contribution in [2.75, 3.05) is 6.61 Å². The second-order valence-electron chi connectivity index (χ2n) is 5.23. The van der Waals surface area contributed by atoms with Gasteiger partial charge < -0.3 is 9.84 Å². The van der Waals surface area contributed by atoms with Crippen molar-refractivity contribution in [3.63, 3.8) is 0 Å². The molecular weight excluding hydrogens is 346 g/mol. The highest BCUT2D eigenvalue weighted by Gasteiger charge is 2.39. The van der Waals surface area contributed by atoms with Crippen molar-refractivity contribution in [2.24, 2.45) is 0 Å². The van der Waals surface area contributed by atoms with E-state index >= 15 is 0 Å². The molecule has 0 aliphatic carbocycles. The lowest BCUT2D eigenvalue weighted by molar-refractivity contribution is -0.145. The van der Waals surface area contributed by atoms with Crippen LogP contribution in [-0.2, 0) is 9.59 Å². The first-order valence-electron chi connectivity index (χ1n) is 7.70. The predicted octanol–water partition coefficient (Wildman–Crippen LogP) is 3.54. The minimum atomic E-state index is -1.05. The first-order chi connectivity index (χ1) is 11.5. The van der Waals surface area contributed by atoms with E-state index in [9.17, 15) is 14.7 Å². The topological polar surface area (TPSA) is 66.8 Å². The molecule has 1 N–H and O–H groups in total. The van der Waals surface area contributed by atoms with Gasteiger partial charge in [0.2, 0.25) is 0 Å². The summed E-state index contributed by atoms with van der Waals surface area (Å²) in [5.74, 6) is -0.628. The van der Waals surface area contributed by atoms with Crippen LogP contribution < -0.4 is 4.74 Å². The fraction of sp³-hybridized carbons (Fsp3) is 0.353. The van der Waals surface area contributed by atoms with Crippen LogP contribution in [0.3, 0.4) is 0 Å². The third kappa shape index (κ3) is 4.15. The lowest BCUT2D eigenvalue weighted by Gasteiger charge is -2.21. The Balaban J connectivity index is 2.17. The van der Waals surface area contributed by atoms with Crippen molar-refractivity contribution in [1.29, 1.82) is 0 Å². The van der Waals surface area contributed by atoms with Gasteiger partial charge in [-0.15, -0.1) is 0 Å². The Labute approximate surface area is 150 Å². The number of nitrogens with zero attached hydrogens (tertiary/aromatic N) is 1. The molecule has 1 fully saturated rings. The first kappa shape index (κ1) is 18.5. The lowest BCUT2D eigenvalue weighted by Crippen LogP contribution is -2.43. The monoisotopic (exact) mass is 365 g/mol. The van der Waals surface area contributed by atoms with Gasteiger partial charge in [-0.05, 0) is 36.6 Å². The minimum Gasteiger partial charge on any atom is -0.494 e. The second-order valence-corrected chi connectivity index (χ2v) is 6.91. The van der Waals surface area contributed by atoms with Gasteiger partial charge in [-0.2, -0.15) is 0 Å². The standard InChI is InChI=1S/C17H19NO4S2/c1-3-9-22-12-7-5-11(6-8-12)10-14-15(19)18(17(23)24-14)13(4-2)16(20)21/h5-8,10,13H,3-4,9H2,1-2H3,(H,20,21)/b14-10-. The van der Waals surface area contributed by atoms with E-state index < -0.39 is 12.0 Å². The van der Waals surface area contributed by atoms with Gasteiger partial charge in [0.05, 0.1) is 11.5 Å². The average Bonchev–Trinajstić information content (AvgIpc) is 2.82. The fourth-order valence-electron chi connectivity index (χ4n) is 2.25. The summed E-state index contributed by atoms with van der Waals surface area (Å²) >= 11 is 6.32. The van der Waals surface area contributed by atoms with E-state index in [0.717, 1.165) is 29.5 Å². The molecule has 1 aromatic carbocycles. The molecule has 1 atom stereocenters. The summed E-state index contributed by atoms with van der Waals surface area (Å²) in [6, 6.07) is 6.47. The maximum atomic E-state index is 12.5. The zero-order valence-corrected chi connectivity index (χ0v) is 15.2. The molecule has 0 spiro atoms. The van der Waals surface area contributed by atoms with Gasteiger partial charge in [0.1, 0.15) is 16.1 Å². The van der Waals surface area contributed by atoms with Gasteiger partial charge in [0.25, 0.3) is 5.91 Å². The third-order valence-corrected chi connectivity index (χ3v) is 4.79. The molecule has 1 aliphatic rings. The number of carboxylic acid groups (broad SMARTS) is 1. The van der Waals surface area contributed by atoms with Crippen LogP contribution >= 0.6 is 24.0 Å². The molecule has 5 nitrogen and oxygen atoms in total. The number of aliphatic carboxylic acids is 1. The van der Waals surface area contributed by atoms with E-state index in [2.05, 4.69) is 0 Å². The molecule has 1 unspecified atom stereocenters. The van der Waals surface area contributed by atoms with Gasteiger partial charge in [-0.3, -0.25) is 9.69 Å². The largest absolute Gasteiger partial charge is 0.494 e. The van der Waals surface area contributed by atoms with Gasteiger partial charge in [0.15, 0.2) is 0 Å². The highest BCUT2D eigenvalue weighted by Crippen LogP contribution is 2.34. The summed E-state index contributed by atoms with van der Waals surface area (Å²) in [4.78, 5) is 25.4. The number of benzene rings is 1. The molecule has 0 aromatic heterocycles. The van der Waals surface area contributed by atoms with Gasteiger partial charge in [0, 0.05) is 0 Å². The SMILES string of the molecule is CCCOc1ccc(/C=C2\SC(=S)N(C(CC)C(=O)O)C2=O)cc1. The Morgan fingerprint density at radius 3 is 2.58 bits per heavy atom. The zero-order valence-electron chi connectivity index (χ0n) is 13.5. The Morgan fingerprint density at radius 1 is 1.38 bits per heavy atom. The highest BCUT2D eigenvalue weighted by atomic mass is 32.2. The Morgan fingerprint density at radius 2 is 2.04 bits per heavy atom. The van der Waals surface area contributed by atoms with Gasteiger partial charge >= 0.3 is 5.97 Å². The van der Waals surface area contributed by atoms with Crippen molar-refractivity contribution in [3.8, 4) is 5.75 Å². The number of rotatable bonds is 7. The highest BCUT2D eigenvalue weighted by molar-refractivity contribution is 8.26. The molecule has 2 rings (SSSR count). The number of hydrogen-bond acceptors (Lipinski definition) is 5. The van der Waals surface area contributed by atoms with E-state index in [4.69, 9.17) is 17.0 Å². The van der Waals surface area contributed by atoms with Crippen molar-refractivity contribution < 1.29 is 19.4 Å². The van der Waals surface area contributed by atoms with Crippen LogP contribution in [0.5, 0.6) is 5.75 Å². The number of carbonyl (C=O) groups excluding carboxylic acids is 1. The summed E-state index contributed by atoms with van der Waals surface area (Å²) < 4.78 is 5.80. The average molecular weight is 365 g/mol. The molecule has 1 amide bonds. The van der Waals surface area contributed by atoms with E-state index in [0.29, 0.717) is 17.9 Å². The van der Waals surface area contributed by atoms with Crippen LogP contribution in [0.25, 0.3) is 6.08 Å². The number of carboxylic acids is 1. The number of hydrogen-bond donors (Lipinski definition) is 1. The maximum Gasteiger partial charge on any atom is 0.326 e. The van der Waals surface area contributed by atoms with E-state index in [1.807, 2.05) is 31.2 Å². The number of amides is 1. The Hall–Kier alpha value is -1.86. The molecule has 1 heterocycles. The molecule has 1 saturated heterocycles. The number of ether oxygens (including phenoxy) is 1. The predicted molar refractivity (Wildman–Crippen MR) is 99.0 cm³/mol. The number of thiocarbonyl (C=S) groups is 1. The lowest BCUT2D eigenvalue weighted by atomic mass is 10.1. The smallest absolute Gasteiger partial charge is 0.326 e. The van der Waals surface area contributed by atoms with Crippen LogP contribution in [0.2, 0.25) is 0 Å². The molecule has 128 valence electrons. The van der Waals surface area contributed by atoms with Crippen LogP contribution in [0.4, 0.5) is 0 Å². The molecule has 0 saturated carbocycles. The van der Waals surface area contributed by atoms with Gasteiger partial charge in [-0.25, -0.2) is 4.79 Å². The molecular formula is C17H19NO4S2. The quantitative estimate of drug-likeness (QED) is 0.589. The van der Waals surface area contributed by atoms with E-state index in [1.54, 1.807) is 13.0 Å². The summed E-state index contributed by atoms with van der Waals surface area (Å²) in [6.07, 6.45) is 2.96. The fourth-order valence-corrected chi connectivity index (χ4v) is 3.60. The normalized spacial score (nSPS) is 17.4. The summed E-state index contributed by atoms with van der Waals surface area (Å²) in [5, 5.41) is 9.25. The number of carbonyl (C=O) groups is 2. The van der Waals surface area contributed by atoms with E-state index in [1.165, 1.54) is 4.90 Å². The molecule has 0 bridgehead atoms. The van der Waals surface area contributed by atoms with Crippen LogP contribution in [-0.4, -0.2) is 38.9 Å². The van der Waals surface area contributed by atoms with E-state index in [-0.39, 0.29) is 10.2 Å². The van der Waals surface area contributed by atoms with Crippen molar-refractivity contribution in [3.05, 3.63) is 34.7 Å². The molecule has 1 aliphatic heterocycles. The summed E-state index contributed by atoms with van der Waals surface area (Å²) in [5.41, 5.74) is 0.836. The zero-order chi connectivity index (χ0) is 17.7. The summed E-state index contributed by atoms with van der Waals surface area (Å²) in [6.45, 7) is 4.42. The third-order valence-electron chi connectivity index (χ3n) is 3.46. The Kier molecular flexibility index (Phi) is 6.39. The Bertz CT molecular complexity index is 670. The van der Waals surface area contributed by atoms with Gasteiger partial charge in [-0.1, -0.05) is 50.0 Å². The minimum absolute atomic E-state index is 0.281. The molecule has 24 heavy (non-hydrogen) atoms. The number of thioether (sulfide) groups is 1. The van der Waals surface area contributed by atoms with Crippen LogP contribution in [0.15, 0.2) is 29.2 Å². The first-order valence-corrected chi connectivity index (χ1v) is 8.93.